The lowest BCUT2D eigenvalue weighted by molar-refractivity contribution is -0.126. The normalized spacial score (nSPS) is 15.9. The fourth-order valence-electron chi connectivity index (χ4n) is 3.34. The van der Waals surface area contributed by atoms with Crippen molar-refractivity contribution in [3.63, 3.8) is 0 Å². The van der Waals surface area contributed by atoms with Crippen LogP contribution in [-0.2, 0) is 16.1 Å². The van der Waals surface area contributed by atoms with Crippen molar-refractivity contribution >= 4 is 17.5 Å². The van der Waals surface area contributed by atoms with E-state index in [0.717, 1.165) is 12.1 Å². The van der Waals surface area contributed by atoms with E-state index in [-0.39, 0.29) is 42.8 Å². The molecule has 0 saturated carbocycles. The highest BCUT2D eigenvalue weighted by Gasteiger charge is 2.35. The first-order valence-electron chi connectivity index (χ1n) is 9.41. The van der Waals surface area contributed by atoms with E-state index >= 15 is 0 Å². The standard InChI is InChI=1S/C20H18F2N6O3/c1-31-15-5-2-13(3-6-15)27-11-12(8-19(27)29)20(30)23-10-18-24-25-26-28(18)14-4-7-16(21)17(22)9-14/h2-7,9,12H,8,10-11H2,1H3,(H,23,30)/t12-/m1/s1. The van der Waals surface area contributed by atoms with Crippen LogP contribution >= 0.6 is 0 Å². The second kappa shape index (κ2) is 8.46. The number of methoxy groups -OCH3 is 1. The van der Waals surface area contributed by atoms with Crippen molar-refractivity contribution in [2.75, 3.05) is 18.6 Å². The van der Waals surface area contributed by atoms with E-state index in [0.29, 0.717) is 11.4 Å². The molecule has 4 rings (SSSR count). The number of rotatable bonds is 6. The Morgan fingerprint density at radius 2 is 1.90 bits per heavy atom. The maximum absolute atomic E-state index is 13.5. The lowest BCUT2D eigenvalue weighted by Crippen LogP contribution is -2.33. The van der Waals surface area contributed by atoms with Crippen LogP contribution in [0.2, 0.25) is 0 Å². The first-order valence-corrected chi connectivity index (χ1v) is 9.41. The molecule has 1 atom stereocenters. The molecule has 0 bridgehead atoms. The number of aromatic nitrogens is 4. The van der Waals surface area contributed by atoms with E-state index in [4.69, 9.17) is 4.74 Å². The van der Waals surface area contributed by atoms with Crippen molar-refractivity contribution < 1.29 is 23.1 Å². The third kappa shape index (κ3) is 4.20. The Morgan fingerprint density at radius 3 is 2.61 bits per heavy atom. The molecule has 0 aliphatic carbocycles. The number of tetrazole rings is 1. The Labute approximate surface area is 175 Å². The molecule has 0 radical (unpaired) electrons. The highest BCUT2D eigenvalue weighted by molar-refractivity contribution is 6.00. The van der Waals surface area contributed by atoms with Gasteiger partial charge in [0.05, 0.1) is 25.3 Å². The summed E-state index contributed by atoms with van der Waals surface area (Å²) in [5, 5.41) is 13.8. The van der Waals surface area contributed by atoms with Crippen LogP contribution in [0.15, 0.2) is 42.5 Å². The summed E-state index contributed by atoms with van der Waals surface area (Å²) in [6.07, 6.45) is 0.0754. The molecule has 1 aliphatic rings. The topological polar surface area (TPSA) is 102 Å². The molecular formula is C20H18F2N6O3. The Hall–Kier alpha value is -3.89. The van der Waals surface area contributed by atoms with Gasteiger partial charge in [-0.15, -0.1) is 5.10 Å². The van der Waals surface area contributed by atoms with Crippen molar-refractivity contribution in [3.05, 3.63) is 59.9 Å². The summed E-state index contributed by atoms with van der Waals surface area (Å²) in [5.41, 5.74) is 0.901. The lowest BCUT2D eigenvalue weighted by atomic mass is 10.1. The molecule has 2 amide bonds. The summed E-state index contributed by atoms with van der Waals surface area (Å²) in [7, 11) is 1.55. The third-order valence-corrected chi connectivity index (χ3v) is 4.98. The fraction of sp³-hybridized carbons (Fsp3) is 0.250. The Bertz CT molecular complexity index is 1120. The zero-order valence-electron chi connectivity index (χ0n) is 16.5. The fourth-order valence-corrected chi connectivity index (χ4v) is 3.34. The number of nitrogens with zero attached hydrogens (tertiary/aromatic N) is 5. The van der Waals surface area contributed by atoms with Crippen LogP contribution < -0.4 is 15.0 Å². The molecule has 1 aliphatic heterocycles. The smallest absolute Gasteiger partial charge is 0.227 e. The summed E-state index contributed by atoms with van der Waals surface area (Å²) in [6, 6.07) is 10.2. The van der Waals surface area contributed by atoms with Crippen LogP contribution in [0, 0.1) is 17.6 Å². The zero-order chi connectivity index (χ0) is 22.0. The van der Waals surface area contributed by atoms with Crippen molar-refractivity contribution in [2.45, 2.75) is 13.0 Å². The molecular weight excluding hydrogens is 410 g/mol. The molecule has 160 valence electrons. The highest BCUT2D eigenvalue weighted by atomic mass is 19.2. The maximum Gasteiger partial charge on any atom is 0.227 e. The van der Waals surface area contributed by atoms with Crippen LogP contribution in [0.25, 0.3) is 5.69 Å². The zero-order valence-corrected chi connectivity index (χ0v) is 16.5. The number of amides is 2. The average Bonchev–Trinajstić information content (AvgIpc) is 3.41. The minimum Gasteiger partial charge on any atom is -0.497 e. The Morgan fingerprint density at radius 1 is 1.16 bits per heavy atom. The summed E-state index contributed by atoms with van der Waals surface area (Å²) >= 11 is 0. The number of carbonyl (C=O) groups excluding carboxylic acids is 2. The number of anilines is 1. The predicted octanol–water partition coefficient (Wildman–Crippen LogP) is 1.62. The third-order valence-electron chi connectivity index (χ3n) is 4.98. The summed E-state index contributed by atoms with van der Waals surface area (Å²) < 4.78 is 33.0. The summed E-state index contributed by atoms with van der Waals surface area (Å²) in [6.45, 7) is 0.198. The van der Waals surface area contributed by atoms with Gasteiger partial charge in [-0.05, 0) is 46.8 Å². The van der Waals surface area contributed by atoms with Gasteiger partial charge in [0.1, 0.15) is 5.75 Å². The van der Waals surface area contributed by atoms with Crippen LogP contribution in [0.4, 0.5) is 14.5 Å². The van der Waals surface area contributed by atoms with Crippen molar-refractivity contribution in [2.24, 2.45) is 5.92 Å². The predicted molar refractivity (Wildman–Crippen MR) is 104 cm³/mol. The van der Waals surface area contributed by atoms with Crippen molar-refractivity contribution in [3.8, 4) is 11.4 Å². The van der Waals surface area contributed by atoms with E-state index < -0.39 is 17.6 Å². The number of halogens is 2. The Balaban J connectivity index is 1.40. The van der Waals surface area contributed by atoms with E-state index in [1.54, 1.807) is 36.3 Å². The monoisotopic (exact) mass is 428 g/mol. The molecule has 3 aromatic rings. The molecule has 2 aromatic carbocycles. The summed E-state index contributed by atoms with van der Waals surface area (Å²) in [4.78, 5) is 26.6. The Kier molecular flexibility index (Phi) is 5.56. The minimum atomic E-state index is -1.04. The number of carbonyl (C=O) groups is 2. The highest BCUT2D eigenvalue weighted by Crippen LogP contribution is 2.27. The van der Waals surface area contributed by atoms with Crippen molar-refractivity contribution in [1.82, 2.24) is 25.5 Å². The number of hydrogen-bond acceptors (Lipinski definition) is 6. The minimum absolute atomic E-state index is 0.0436. The van der Waals surface area contributed by atoms with Gasteiger partial charge in [-0.1, -0.05) is 0 Å². The second-order valence-corrected chi connectivity index (χ2v) is 6.93. The molecule has 1 N–H and O–H groups in total. The van der Waals surface area contributed by atoms with Gasteiger partial charge < -0.3 is 15.0 Å². The van der Waals surface area contributed by atoms with Gasteiger partial charge in [0.15, 0.2) is 17.5 Å². The molecule has 2 heterocycles. The number of ether oxygens (including phenoxy) is 1. The first kappa shape index (κ1) is 20.4. The van der Waals surface area contributed by atoms with Gasteiger partial charge in [-0.2, -0.15) is 4.68 Å². The molecule has 31 heavy (non-hydrogen) atoms. The molecule has 1 aromatic heterocycles. The van der Waals surface area contributed by atoms with E-state index in [9.17, 15) is 18.4 Å². The quantitative estimate of drug-likeness (QED) is 0.640. The van der Waals surface area contributed by atoms with Crippen LogP contribution in [-0.4, -0.2) is 45.7 Å². The van der Waals surface area contributed by atoms with E-state index in [2.05, 4.69) is 20.8 Å². The second-order valence-electron chi connectivity index (χ2n) is 6.93. The first-order chi connectivity index (χ1) is 15.0. The number of nitrogens with one attached hydrogen (secondary N) is 1. The van der Waals surface area contributed by atoms with Crippen molar-refractivity contribution in [1.29, 1.82) is 0 Å². The van der Waals surface area contributed by atoms with Gasteiger partial charge in [0.2, 0.25) is 11.8 Å². The average molecular weight is 428 g/mol. The maximum atomic E-state index is 13.5. The van der Waals surface area contributed by atoms with Gasteiger partial charge >= 0.3 is 0 Å². The lowest BCUT2D eigenvalue weighted by Gasteiger charge is -2.17. The van der Waals surface area contributed by atoms with Crippen LogP contribution in [0.5, 0.6) is 5.75 Å². The van der Waals surface area contributed by atoms with Crippen LogP contribution in [0.3, 0.4) is 0 Å². The molecule has 9 nitrogen and oxygen atoms in total. The number of hydrogen-bond donors (Lipinski definition) is 1. The largest absolute Gasteiger partial charge is 0.497 e. The molecule has 0 spiro atoms. The molecule has 1 fully saturated rings. The summed E-state index contributed by atoms with van der Waals surface area (Å²) in [5.74, 6) is -2.15. The molecule has 0 unspecified atom stereocenters. The van der Waals surface area contributed by atoms with Crippen LogP contribution in [0.1, 0.15) is 12.2 Å². The number of benzene rings is 2. The molecule has 11 heteroatoms. The molecule has 1 saturated heterocycles. The van der Waals surface area contributed by atoms with E-state index in [1.165, 1.54) is 10.7 Å². The van der Waals surface area contributed by atoms with Gasteiger partial charge in [-0.3, -0.25) is 9.59 Å². The van der Waals surface area contributed by atoms with Gasteiger partial charge in [-0.25, -0.2) is 8.78 Å². The van der Waals surface area contributed by atoms with Gasteiger partial charge in [0.25, 0.3) is 0 Å². The SMILES string of the molecule is COc1ccc(N2C[C@H](C(=O)NCc3nnnn3-c3ccc(F)c(F)c3)CC2=O)cc1. The van der Waals surface area contributed by atoms with E-state index in [1.807, 2.05) is 0 Å². The van der Waals surface area contributed by atoms with Gasteiger partial charge in [0, 0.05) is 24.7 Å².